The van der Waals surface area contributed by atoms with Gasteiger partial charge < -0.3 is 5.32 Å². The third-order valence-electron chi connectivity index (χ3n) is 3.27. The number of nitrogens with zero attached hydrogens (tertiary/aromatic N) is 3. The standard InChI is InChI=1S/C16H16N4O2S/c1-2-9-20-15(21)8-7-12(19-20)16(22)17-10-14-18-11-5-3-4-6-13(11)23-14/h3-8H,2,9-10H2,1H3,(H,17,22). The van der Waals surface area contributed by atoms with Gasteiger partial charge in [-0.15, -0.1) is 11.3 Å². The molecule has 6 nitrogen and oxygen atoms in total. The van der Waals surface area contributed by atoms with Crippen molar-refractivity contribution in [3.63, 3.8) is 0 Å². The molecule has 0 aliphatic carbocycles. The maximum absolute atomic E-state index is 12.2. The number of para-hydroxylation sites is 1. The summed E-state index contributed by atoms with van der Waals surface area (Å²) >= 11 is 1.55. The Morgan fingerprint density at radius 2 is 2.09 bits per heavy atom. The summed E-state index contributed by atoms with van der Waals surface area (Å²) in [6, 6.07) is 10.7. The predicted molar refractivity (Wildman–Crippen MR) is 89.6 cm³/mol. The van der Waals surface area contributed by atoms with Gasteiger partial charge in [0.1, 0.15) is 10.7 Å². The molecule has 3 aromatic rings. The first-order valence-electron chi connectivity index (χ1n) is 7.38. The Bertz CT molecular complexity index is 867. The zero-order chi connectivity index (χ0) is 16.2. The van der Waals surface area contributed by atoms with Crippen LogP contribution in [0.1, 0.15) is 28.8 Å². The zero-order valence-electron chi connectivity index (χ0n) is 12.7. The Kier molecular flexibility index (Phi) is 4.47. The van der Waals surface area contributed by atoms with Crippen LogP contribution in [0.25, 0.3) is 10.2 Å². The lowest BCUT2D eigenvalue weighted by molar-refractivity contribution is 0.0943. The average molecular weight is 328 g/mol. The molecule has 0 spiro atoms. The topological polar surface area (TPSA) is 76.9 Å². The maximum Gasteiger partial charge on any atom is 0.272 e. The number of nitrogens with one attached hydrogen (secondary N) is 1. The van der Waals surface area contributed by atoms with E-state index in [4.69, 9.17) is 0 Å². The van der Waals surface area contributed by atoms with Crippen molar-refractivity contribution in [2.24, 2.45) is 0 Å². The molecule has 0 atom stereocenters. The summed E-state index contributed by atoms with van der Waals surface area (Å²) in [5.74, 6) is -0.311. The van der Waals surface area contributed by atoms with Crippen molar-refractivity contribution in [2.75, 3.05) is 0 Å². The van der Waals surface area contributed by atoms with Gasteiger partial charge in [0.05, 0.1) is 16.8 Å². The van der Waals surface area contributed by atoms with Gasteiger partial charge in [-0.25, -0.2) is 9.67 Å². The van der Waals surface area contributed by atoms with E-state index in [9.17, 15) is 9.59 Å². The van der Waals surface area contributed by atoms with Crippen molar-refractivity contribution in [1.82, 2.24) is 20.1 Å². The van der Waals surface area contributed by atoms with Gasteiger partial charge in [-0.05, 0) is 24.6 Å². The highest BCUT2D eigenvalue weighted by Gasteiger charge is 2.10. The minimum Gasteiger partial charge on any atom is -0.344 e. The molecular formula is C16H16N4O2S. The number of hydrogen-bond acceptors (Lipinski definition) is 5. The highest BCUT2D eigenvalue weighted by Crippen LogP contribution is 2.21. The van der Waals surface area contributed by atoms with E-state index in [2.05, 4.69) is 15.4 Å². The third-order valence-corrected chi connectivity index (χ3v) is 4.31. The summed E-state index contributed by atoms with van der Waals surface area (Å²) in [5, 5.41) is 7.72. The zero-order valence-corrected chi connectivity index (χ0v) is 13.5. The number of aryl methyl sites for hydroxylation is 1. The normalized spacial score (nSPS) is 10.8. The fraction of sp³-hybridized carbons (Fsp3) is 0.250. The SMILES string of the molecule is CCCn1nc(C(=O)NCc2nc3ccccc3s2)ccc1=O. The smallest absolute Gasteiger partial charge is 0.272 e. The van der Waals surface area contributed by atoms with Gasteiger partial charge in [-0.3, -0.25) is 9.59 Å². The van der Waals surface area contributed by atoms with Crippen molar-refractivity contribution >= 4 is 27.5 Å². The molecule has 0 radical (unpaired) electrons. The van der Waals surface area contributed by atoms with Gasteiger partial charge in [0, 0.05) is 12.6 Å². The van der Waals surface area contributed by atoms with E-state index in [0.29, 0.717) is 13.1 Å². The molecule has 0 fully saturated rings. The van der Waals surface area contributed by atoms with E-state index in [1.165, 1.54) is 16.8 Å². The summed E-state index contributed by atoms with van der Waals surface area (Å²) in [4.78, 5) is 28.3. The van der Waals surface area contributed by atoms with Crippen LogP contribution in [-0.2, 0) is 13.1 Å². The van der Waals surface area contributed by atoms with Gasteiger partial charge in [0.2, 0.25) is 0 Å². The van der Waals surface area contributed by atoms with Crippen molar-refractivity contribution in [2.45, 2.75) is 26.4 Å². The minimum absolute atomic E-state index is 0.199. The fourth-order valence-electron chi connectivity index (χ4n) is 2.18. The Morgan fingerprint density at radius 1 is 1.26 bits per heavy atom. The highest BCUT2D eigenvalue weighted by atomic mass is 32.1. The second kappa shape index (κ2) is 6.70. The Labute approximate surface area is 136 Å². The number of fused-ring (bicyclic) bond motifs is 1. The number of rotatable bonds is 5. The molecule has 1 aromatic carbocycles. The second-order valence-electron chi connectivity index (χ2n) is 5.04. The molecular weight excluding hydrogens is 312 g/mol. The van der Waals surface area contributed by atoms with E-state index in [0.717, 1.165) is 21.6 Å². The molecule has 0 unspecified atom stereocenters. The lowest BCUT2D eigenvalue weighted by atomic mass is 10.3. The molecule has 2 aromatic heterocycles. The lowest BCUT2D eigenvalue weighted by Gasteiger charge is -2.06. The highest BCUT2D eigenvalue weighted by molar-refractivity contribution is 7.18. The van der Waals surface area contributed by atoms with Crippen molar-refractivity contribution < 1.29 is 4.79 Å². The van der Waals surface area contributed by atoms with E-state index >= 15 is 0 Å². The molecule has 0 aliphatic rings. The van der Waals surface area contributed by atoms with Crippen LogP contribution >= 0.6 is 11.3 Å². The largest absolute Gasteiger partial charge is 0.344 e. The van der Waals surface area contributed by atoms with Gasteiger partial charge >= 0.3 is 0 Å². The van der Waals surface area contributed by atoms with Gasteiger partial charge in [0.15, 0.2) is 0 Å². The molecule has 23 heavy (non-hydrogen) atoms. The Balaban J connectivity index is 1.71. The quantitative estimate of drug-likeness (QED) is 0.779. The molecule has 0 bridgehead atoms. The summed E-state index contributed by atoms with van der Waals surface area (Å²) in [6.07, 6.45) is 0.781. The summed E-state index contributed by atoms with van der Waals surface area (Å²) in [6.45, 7) is 2.79. The summed E-state index contributed by atoms with van der Waals surface area (Å²) in [5.41, 5.74) is 0.963. The van der Waals surface area contributed by atoms with Crippen LogP contribution in [0.3, 0.4) is 0 Å². The van der Waals surface area contributed by atoms with Crippen molar-refractivity contribution in [3.05, 3.63) is 57.5 Å². The number of carbonyl (C=O) groups is 1. The Morgan fingerprint density at radius 3 is 2.87 bits per heavy atom. The van der Waals surface area contributed by atoms with Gasteiger partial charge in [0.25, 0.3) is 11.5 Å². The van der Waals surface area contributed by atoms with Crippen LogP contribution in [0.4, 0.5) is 0 Å². The van der Waals surface area contributed by atoms with Crippen LogP contribution in [-0.4, -0.2) is 20.7 Å². The first-order valence-corrected chi connectivity index (χ1v) is 8.20. The molecule has 0 aliphatic heterocycles. The van der Waals surface area contributed by atoms with Crippen molar-refractivity contribution in [3.8, 4) is 0 Å². The summed E-state index contributed by atoms with van der Waals surface area (Å²) in [7, 11) is 0. The number of carbonyl (C=O) groups excluding carboxylic acids is 1. The molecule has 1 N–H and O–H groups in total. The van der Waals surface area contributed by atoms with Crippen LogP contribution < -0.4 is 10.9 Å². The number of hydrogen-bond donors (Lipinski definition) is 1. The molecule has 7 heteroatoms. The first-order chi connectivity index (χ1) is 11.2. The molecule has 2 heterocycles. The fourth-order valence-corrected chi connectivity index (χ4v) is 3.09. The molecule has 0 saturated heterocycles. The molecule has 118 valence electrons. The number of amides is 1. The number of aromatic nitrogens is 3. The van der Waals surface area contributed by atoms with E-state index in [1.807, 2.05) is 31.2 Å². The molecule has 3 rings (SSSR count). The van der Waals surface area contributed by atoms with Crippen LogP contribution in [0, 0.1) is 0 Å². The Hall–Kier alpha value is -2.54. The van der Waals surface area contributed by atoms with Crippen molar-refractivity contribution in [1.29, 1.82) is 0 Å². The van der Waals surface area contributed by atoms with Crippen LogP contribution in [0.5, 0.6) is 0 Å². The van der Waals surface area contributed by atoms with E-state index in [-0.39, 0.29) is 17.2 Å². The van der Waals surface area contributed by atoms with Crippen LogP contribution in [0.2, 0.25) is 0 Å². The monoisotopic (exact) mass is 328 g/mol. The maximum atomic E-state index is 12.2. The molecule has 1 amide bonds. The third kappa shape index (κ3) is 3.45. The van der Waals surface area contributed by atoms with E-state index in [1.54, 1.807) is 11.3 Å². The lowest BCUT2D eigenvalue weighted by Crippen LogP contribution is -2.29. The predicted octanol–water partition coefficient (Wildman–Crippen LogP) is 2.19. The number of thiazole rings is 1. The minimum atomic E-state index is -0.311. The van der Waals surface area contributed by atoms with Gasteiger partial charge in [-0.1, -0.05) is 19.1 Å². The average Bonchev–Trinajstić information content (AvgIpc) is 2.98. The second-order valence-corrected chi connectivity index (χ2v) is 6.15. The first kappa shape index (κ1) is 15.4. The van der Waals surface area contributed by atoms with Gasteiger partial charge in [-0.2, -0.15) is 5.10 Å². The van der Waals surface area contributed by atoms with Crippen LogP contribution in [0.15, 0.2) is 41.2 Å². The number of benzene rings is 1. The van der Waals surface area contributed by atoms with E-state index < -0.39 is 0 Å². The summed E-state index contributed by atoms with van der Waals surface area (Å²) < 4.78 is 2.40. The molecule has 0 saturated carbocycles.